The monoisotopic (exact) mass is 255 g/mol. The highest BCUT2D eigenvalue weighted by atomic mass is 35.5. The highest BCUT2D eigenvalue weighted by molar-refractivity contribution is 6.32. The van der Waals surface area contributed by atoms with E-state index in [4.69, 9.17) is 21.4 Å². The number of hydrogen-bond donors (Lipinski definition) is 2. The van der Waals surface area contributed by atoms with Crippen LogP contribution in [0.1, 0.15) is 23.2 Å². The second-order valence-corrected chi connectivity index (χ2v) is 4.46. The average Bonchev–Trinajstić information content (AvgIpc) is 2.80. The summed E-state index contributed by atoms with van der Waals surface area (Å²) in [6, 6.07) is 4.86. The summed E-state index contributed by atoms with van der Waals surface area (Å²) in [5.41, 5.74) is 0.168. The Labute approximate surface area is 105 Å². The van der Waals surface area contributed by atoms with Crippen LogP contribution in [0, 0.1) is 0 Å². The summed E-state index contributed by atoms with van der Waals surface area (Å²) in [7, 11) is 0. The van der Waals surface area contributed by atoms with Crippen molar-refractivity contribution < 1.29 is 14.6 Å². The Bertz CT molecular complexity index is 416. The molecule has 5 heteroatoms. The van der Waals surface area contributed by atoms with Crippen LogP contribution in [-0.4, -0.2) is 30.3 Å². The molecule has 0 bridgehead atoms. The maximum absolute atomic E-state index is 10.7. The molecule has 1 saturated heterocycles. The Balaban J connectivity index is 1.98. The van der Waals surface area contributed by atoms with Crippen LogP contribution in [0.15, 0.2) is 18.2 Å². The van der Waals surface area contributed by atoms with Crippen LogP contribution in [0.25, 0.3) is 0 Å². The van der Waals surface area contributed by atoms with Gasteiger partial charge in [0.15, 0.2) is 0 Å². The number of carboxylic acids is 1. The number of ether oxygens (including phenoxy) is 1. The highest BCUT2D eigenvalue weighted by Gasteiger charge is 2.15. The molecule has 1 fully saturated rings. The molecule has 1 aromatic carbocycles. The van der Waals surface area contributed by atoms with E-state index in [-0.39, 0.29) is 5.56 Å². The summed E-state index contributed by atoms with van der Waals surface area (Å²) < 4.78 is 5.57. The third kappa shape index (κ3) is 3.11. The number of hydrogen-bond acceptors (Lipinski definition) is 3. The molecule has 1 aliphatic heterocycles. The fourth-order valence-electron chi connectivity index (χ4n) is 1.84. The van der Waals surface area contributed by atoms with Crippen molar-refractivity contribution in [2.75, 3.05) is 13.2 Å². The van der Waals surface area contributed by atoms with Crippen LogP contribution in [0.2, 0.25) is 5.02 Å². The third-order valence-corrected chi connectivity index (χ3v) is 3.08. The highest BCUT2D eigenvalue weighted by Crippen LogP contribution is 2.26. The van der Waals surface area contributed by atoms with Gasteiger partial charge in [-0.3, -0.25) is 0 Å². The summed E-state index contributed by atoms with van der Waals surface area (Å²) in [4.78, 5) is 10.7. The van der Waals surface area contributed by atoms with E-state index in [2.05, 4.69) is 5.32 Å². The van der Waals surface area contributed by atoms with Crippen LogP contribution in [0.3, 0.4) is 0 Å². The molecule has 1 heterocycles. The largest absolute Gasteiger partial charge is 0.490 e. The number of aromatic carboxylic acids is 1. The van der Waals surface area contributed by atoms with E-state index >= 15 is 0 Å². The SMILES string of the molecule is O=C(O)c1ccc(OCC2CCCN2)c(Cl)c1. The summed E-state index contributed by atoms with van der Waals surface area (Å²) in [6.07, 6.45) is 2.27. The Hall–Kier alpha value is -1.26. The van der Waals surface area contributed by atoms with E-state index in [9.17, 15) is 4.79 Å². The number of nitrogens with one attached hydrogen (secondary N) is 1. The van der Waals surface area contributed by atoms with Crippen LogP contribution in [-0.2, 0) is 0 Å². The van der Waals surface area contributed by atoms with Crippen molar-refractivity contribution in [3.63, 3.8) is 0 Å². The van der Waals surface area contributed by atoms with E-state index in [1.165, 1.54) is 18.6 Å². The molecule has 2 N–H and O–H groups in total. The first-order valence-corrected chi connectivity index (χ1v) is 5.93. The fraction of sp³-hybridized carbons (Fsp3) is 0.417. The van der Waals surface area contributed by atoms with Gasteiger partial charge in [-0.2, -0.15) is 0 Å². The predicted molar refractivity (Wildman–Crippen MR) is 64.9 cm³/mol. The molecule has 1 unspecified atom stereocenters. The molecular formula is C12H14ClNO3. The molecule has 92 valence electrons. The van der Waals surface area contributed by atoms with Gasteiger partial charge in [-0.25, -0.2) is 4.79 Å². The Morgan fingerprint density at radius 2 is 2.41 bits per heavy atom. The van der Waals surface area contributed by atoms with Crippen molar-refractivity contribution in [1.29, 1.82) is 0 Å². The van der Waals surface area contributed by atoms with E-state index < -0.39 is 5.97 Å². The first kappa shape index (κ1) is 12.2. The Morgan fingerprint density at radius 3 is 3.00 bits per heavy atom. The van der Waals surface area contributed by atoms with E-state index in [1.54, 1.807) is 6.07 Å². The van der Waals surface area contributed by atoms with Crippen LogP contribution >= 0.6 is 11.6 Å². The maximum atomic E-state index is 10.7. The lowest BCUT2D eigenvalue weighted by Gasteiger charge is -2.13. The minimum absolute atomic E-state index is 0.168. The average molecular weight is 256 g/mol. The van der Waals surface area contributed by atoms with E-state index in [0.717, 1.165) is 13.0 Å². The third-order valence-electron chi connectivity index (χ3n) is 2.78. The van der Waals surface area contributed by atoms with Gasteiger partial charge >= 0.3 is 5.97 Å². The first-order chi connectivity index (χ1) is 8.16. The lowest BCUT2D eigenvalue weighted by Crippen LogP contribution is -2.28. The minimum atomic E-state index is -0.990. The van der Waals surface area contributed by atoms with Gasteiger partial charge in [0.2, 0.25) is 0 Å². The molecule has 0 saturated carbocycles. The molecule has 4 nitrogen and oxygen atoms in total. The molecule has 1 aromatic rings. The summed E-state index contributed by atoms with van der Waals surface area (Å²) in [6.45, 7) is 1.59. The summed E-state index contributed by atoms with van der Waals surface area (Å²) in [5, 5.41) is 12.4. The van der Waals surface area contributed by atoms with Gasteiger partial charge in [-0.05, 0) is 37.6 Å². The zero-order valence-electron chi connectivity index (χ0n) is 9.28. The Morgan fingerprint density at radius 1 is 1.59 bits per heavy atom. The lowest BCUT2D eigenvalue weighted by molar-refractivity contribution is 0.0697. The quantitative estimate of drug-likeness (QED) is 0.866. The van der Waals surface area contributed by atoms with Crippen LogP contribution in [0.5, 0.6) is 5.75 Å². The number of rotatable bonds is 4. The van der Waals surface area contributed by atoms with E-state index in [0.29, 0.717) is 23.4 Å². The minimum Gasteiger partial charge on any atom is -0.490 e. The maximum Gasteiger partial charge on any atom is 0.335 e. The predicted octanol–water partition coefficient (Wildman–Crippen LogP) is 2.17. The molecule has 0 amide bonds. The van der Waals surface area contributed by atoms with Crippen molar-refractivity contribution in [3.05, 3.63) is 28.8 Å². The lowest BCUT2D eigenvalue weighted by atomic mass is 10.2. The van der Waals surface area contributed by atoms with Crippen LogP contribution in [0.4, 0.5) is 0 Å². The standard InChI is InChI=1S/C12H14ClNO3/c13-10-6-8(12(15)16)3-4-11(10)17-7-9-2-1-5-14-9/h3-4,6,9,14H,1-2,5,7H2,(H,15,16). The first-order valence-electron chi connectivity index (χ1n) is 5.56. The normalized spacial score (nSPS) is 19.2. The summed E-state index contributed by atoms with van der Waals surface area (Å²) in [5.74, 6) is -0.457. The molecule has 2 rings (SSSR count). The van der Waals surface area contributed by atoms with Gasteiger partial charge in [0.05, 0.1) is 10.6 Å². The van der Waals surface area contributed by atoms with Gasteiger partial charge in [0.1, 0.15) is 12.4 Å². The number of benzene rings is 1. The second kappa shape index (κ2) is 5.38. The van der Waals surface area contributed by atoms with Gasteiger partial charge in [0, 0.05) is 6.04 Å². The molecule has 0 aromatic heterocycles. The molecule has 0 radical (unpaired) electrons. The van der Waals surface area contributed by atoms with Gasteiger partial charge in [0.25, 0.3) is 0 Å². The molecule has 1 aliphatic rings. The van der Waals surface area contributed by atoms with Crippen molar-refractivity contribution in [3.8, 4) is 5.75 Å². The van der Waals surface area contributed by atoms with Crippen molar-refractivity contribution in [2.45, 2.75) is 18.9 Å². The molecular weight excluding hydrogens is 242 g/mol. The van der Waals surface area contributed by atoms with Crippen molar-refractivity contribution in [2.24, 2.45) is 0 Å². The Kier molecular flexibility index (Phi) is 3.86. The summed E-state index contributed by atoms with van der Waals surface area (Å²) >= 11 is 5.95. The van der Waals surface area contributed by atoms with Crippen LogP contribution < -0.4 is 10.1 Å². The zero-order valence-corrected chi connectivity index (χ0v) is 10.0. The molecule has 0 aliphatic carbocycles. The molecule has 17 heavy (non-hydrogen) atoms. The van der Waals surface area contributed by atoms with Gasteiger partial charge < -0.3 is 15.2 Å². The van der Waals surface area contributed by atoms with Gasteiger partial charge in [-0.1, -0.05) is 11.6 Å². The smallest absolute Gasteiger partial charge is 0.335 e. The fourth-order valence-corrected chi connectivity index (χ4v) is 2.08. The topological polar surface area (TPSA) is 58.6 Å². The number of halogens is 1. The zero-order chi connectivity index (χ0) is 12.3. The van der Waals surface area contributed by atoms with Crippen molar-refractivity contribution in [1.82, 2.24) is 5.32 Å². The second-order valence-electron chi connectivity index (χ2n) is 4.05. The number of carboxylic acid groups (broad SMARTS) is 1. The van der Waals surface area contributed by atoms with E-state index in [1.807, 2.05) is 0 Å². The van der Waals surface area contributed by atoms with Crippen molar-refractivity contribution >= 4 is 17.6 Å². The van der Waals surface area contributed by atoms with Gasteiger partial charge in [-0.15, -0.1) is 0 Å². The molecule has 0 spiro atoms. The molecule has 1 atom stereocenters. The number of carbonyl (C=O) groups is 1.